The van der Waals surface area contributed by atoms with Gasteiger partial charge in [-0.15, -0.1) is 0 Å². The number of rotatable bonds is 3. The number of nitrogens with two attached hydrogens (primary N) is 1. The van der Waals surface area contributed by atoms with Crippen molar-refractivity contribution in [1.82, 2.24) is 0 Å². The summed E-state index contributed by atoms with van der Waals surface area (Å²) in [4.78, 5) is 0. The second-order valence-corrected chi connectivity index (χ2v) is 5.50. The topological polar surface area (TPSA) is 26.0 Å². The maximum absolute atomic E-state index is 5.77. The molecule has 2 aromatic carbocycles. The molecule has 0 amide bonds. The van der Waals surface area contributed by atoms with Gasteiger partial charge in [0.25, 0.3) is 0 Å². The van der Waals surface area contributed by atoms with Gasteiger partial charge in [-0.1, -0.05) is 61.5 Å². The zero-order chi connectivity index (χ0) is 12.6. The highest BCUT2D eigenvalue weighted by molar-refractivity contribution is 5.63. The summed E-state index contributed by atoms with van der Waals surface area (Å²) in [7, 11) is 0. The van der Waals surface area contributed by atoms with E-state index in [4.69, 9.17) is 5.73 Å². The van der Waals surface area contributed by atoms with Crippen molar-refractivity contribution in [1.29, 1.82) is 0 Å². The Morgan fingerprint density at radius 3 is 2.17 bits per heavy atom. The summed E-state index contributed by atoms with van der Waals surface area (Å²) in [6.07, 6.45) is 1.23. The fourth-order valence-electron chi connectivity index (χ4n) is 2.82. The van der Waals surface area contributed by atoms with E-state index in [2.05, 4.69) is 61.5 Å². The van der Waals surface area contributed by atoms with Crippen molar-refractivity contribution in [3.05, 3.63) is 60.2 Å². The van der Waals surface area contributed by atoms with E-state index in [0.717, 1.165) is 6.54 Å². The average molecular weight is 237 g/mol. The Labute approximate surface area is 109 Å². The zero-order valence-corrected chi connectivity index (χ0v) is 10.8. The minimum atomic E-state index is 0.323. The second kappa shape index (κ2) is 4.25. The summed E-state index contributed by atoms with van der Waals surface area (Å²) >= 11 is 0. The van der Waals surface area contributed by atoms with Crippen LogP contribution >= 0.6 is 0 Å². The molecule has 1 saturated carbocycles. The third-order valence-corrected chi connectivity index (χ3v) is 4.35. The van der Waals surface area contributed by atoms with Gasteiger partial charge in [-0.3, -0.25) is 0 Å². The molecule has 0 radical (unpaired) electrons. The lowest BCUT2D eigenvalue weighted by molar-refractivity contribution is 0.666. The first-order chi connectivity index (χ1) is 8.74. The molecule has 0 spiro atoms. The first-order valence-electron chi connectivity index (χ1n) is 6.60. The highest BCUT2D eigenvalue weighted by atomic mass is 14.7. The average Bonchev–Trinajstić information content (AvgIpc) is 3.13. The Bertz CT molecular complexity index is 529. The van der Waals surface area contributed by atoms with Gasteiger partial charge < -0.3 is 5.73 Å². The molecule has 1 aliphatic rings. The standard InChI is InChI=1S/C17H19N/c1-17(11-16(17)12-18)15-9-7-14(8-10-15)13-5-3-2-4-6-13/h2-10,16H,11-12,18H2,1H3. The Balaban J connectivity index is 1.87. The van der Waals surface area contributed by atoms with Gasteiger partial charge in [-0.2, -0.15) is 0 Å². The van der Waals surface area contributed by atoms with Crippen LogP contribution in [-0.4, -0.2) is 6.54 Å². The van der Waals surface area contributed by atoms with Crippen LogP contribution < -0.4 is 5.73 Å². The Morgan fingerprint density at radius 1 is 1.00 bits per heavy atom. The van der Waals surface area contributed by atoms with Gasteiger partial charge in [0.05, 0.1) is 0 Å². The van der Waals surface area contributed by atoms with Crippen molar-refractivity contribution in [3.8, 4) is 11.1 Å². The lowest BCUT2D eigenvalue weighted by atomic mass is 9.93. The molecule has 0 heterocycles. The summed E-state index contributed by atoms with van der Waals surface area (Å²) < 4.78 is 0. The summed E-state index contributed by atoms with van der Waals surface area (Å²) in [6.45, 7) is 3.12. The molecule has 1 nitrogen and oxygen atoms in total. The summed E-state index contributed by atoms with van der Waals surface area (Å²) in [5.74, 6) is 0.667. The first-order valence-corrected chi connectivity index (χ1v) is 6.60. The predicted molar refractivity (Wildman–Crippen MR) is 76.4 cm³/mol. The quantitative estimate of drug-likeness (QED) is 0.867. The monoisotopic (exact) mass is 237 g/mol. The van der Waals surface area contributed by atoms with Gasteiger partial charge in [0, 0.05) is 0 Å². The normalized spacial score (nSPS) is 26.0. The maximum Gasteiger partial charge on any atom is -0.00313 e. The fourth-order valence-corrected chi connectivity index (χ4v) is 2.82. The van der Waals surface area contributed by atoms with Crippen LogP contribution in [0.5, 0.6) is 0 Å². The summed E-state index contributed by atoms with van der Waals surface area (Å²) in [5, 5.41) is 0. The third-order valence-electron chi connectivity index (χ3n) is 4.35. The van der Waals surface area contributed by atoms with Crippen molar-refractivity contribution in [2.75, 3.05) is 6.54 Å². The van der Waals surface area contributed by atoms with E-state index < -0.39 is 0 Å². The van der Waals surface area contributed by atoms with Crippen LogP contribution in [0, 0.1) is 5.92 Å². The molecule has 18 heavy (non-hydrogen) atoms. The van der Waals surface area contributed by atoms with Gasteiger partial charge in [0.2, 0.25) is 0 Å². The first kappa shape index (κ1) is 11.5. The second-order valence-electron chi connectivity index (χ2n) is 5.50. The molecule has 0 aliphatic heterocycles. The lowest BCUT2D eigenvalue weighted by Gasteiger charge is -2.12. The number of benzene rings is 2. The van der Waals surface area contributed by atoms with Crippen molar-refractivity contribution in [3.63, 3.8) is 0 Å². The molecule has 0 saturated heterocycles. The lowest BCUT2D eigenvalue weighted by Crippen LogP contribution is -2.11. The van der Waals surface area contributed by atoms with Crippen LogP contribution in [0.15, 0.2) is 54.6 Å². The largest absolute Gasteiger partial charge is 0.330 e. The molecular formula is C17H19N. The van der Waals surface area contributed by atoms with Gasteiger partial charge in [0.1, 0.15) is 0 Å². The number of hydrogen-bond donors (Lipinski definition) is 1. The van der Waals surface area contributed by atoms with E-state index in [1.54, 1.807) is 0 Å². The summed E-state index contributed by atoms with van der Waals surface area (Å²) in [6, 6.07) is 19.5. The molecule has 2 aromatic rings. The van der Waals surface area contributed by atoms with E-state index >= 15 is 0 Å². The molecule has 1 aliphatic carbocycles. The molecule has 2 atom stereocenters. The minimum absolute atomic E-state index is 0.323. The van der Waals surface area contributed by atoms with Crippen molar-refractivity contribution >= 4 is 0 Å². The van der Waals surface area contributed by atoms with Crippen molar-refractivity contribution < 1.29 is 0 Å². The van der Waals surface area contributed by atoms with Crippen LogP contribution in [0.2, 0.25) is 0 Å². The van der Waals surface area contributed by atoms with Gasteiger partial charge in [-0.05, 0) is 41.0 Å². The molecule has 2 unspecified atom stereocenters. The van der Waals surface area contributed by atoms with E-state index in [0.29, 0.717) is 11.3 Å². The van der Waals surface area contributed by atoms with Crippen LogP contribution in [-0.2, 0) is 5.41 Å². The Hall–Kier alpha value is -1.60. The predicted octanol–water partition coefficient (Wildman–Crippen LogP) is 3.59. The molecule has 92 valence electrons. The SMILES string of the molecule is CC1(c2ccc(-c3ccccc3)cc2)CC1CN. The van der Waals surface area contributed by atoms with E-state index in [9.17, 15) is 0 Å². The molecule has 2 N–H and O–H groups in total. The van der Waals surface area contributed by atoms with Gasteiger partial charge >= 0.3 is 0 Å². The molecule has 1 fully saturated rings. The minimum Gasteiger partial charge on any atom is -0.330 e. The molecular weight excluding hydrogens is 218 g/mol. The maximum atomic E-state index is 5.77. The highest BCUT2D eigenvalue weighted by Gasteiger charge is 2.49. The molecule has 0 aromatic heterocycles. The number of hydrogen-bond acceptors (Lipinski definition) is 1. The van der Waals surface area contributed by atoms with Crippen LogP contribution in [0.3, 0.4) is 0 Å². The van der Waals surface area contributed by atoms with E-state index in [1.165, 1.54) is 23.1 Å². The fraction of sp³-hybridized carbons (Fsp3) is 0.294. The Kier molecular flexibility index (Phi) is 2.71. The van der Waals surface area contributed by atoms with E-state index in [1.807, 2.05) is 0 Å². The van der Waals surface area contributed by atoms with E-state index in [-0.39, 0.29) is 0 Å². The van der Waals surface area contributed by atoms with Crippen molar-refractivity contribution in [2.24, 2.45) is 11.7 Å². The summed E-state index contributed by atoms with van der Waals surface area (Å²) in [5.41, 5.74) is 10.1. The third kappa shape index (κ3) is 1.85. The Morgan fingerprint density at radius 2 is 1.61 bits per heavy atom. The van der Waals surface area contributed by atoms with Crippen LogP contribution in [0.1, 0.15) is 18.9 Å². The van der Waals surface area contributed by atoms with Crippen molar-refractivity contribution in [2.45, 2.75) is 18.8 Å². The molecule has 3 rings (SSSR count). The smallest absolute Gasteiger partial charge is 0.00313 e. The van der Waals surface area contributed by atoms with Gasteiger partial charge in [0.15, 0.2) is 0 Å². The van der Waals surface area contributed by atoms with Crippen LogP contribution in [0.4, 0.5) is 0 Å². The van der Waals surface area contributed by atoms with Gasteiger partial charge in [-0.25, -0.2) is 0 Å². The highest BCUT2D eigenvalue weighted by Crippen LogP contribution is 2.53. The molecule has 0 bridgehead atoms. The molecule has 1 heteroatoms. The zero-order valence-electron chi connectivity index (χ0n) is 10.8. The van der Waals surface area contributed by atoms with Crippen LogP contribution in [0.25, 0.3) is 11.1 Å².